The number of piperidine rings is 1. The maximum atomic E-state index is 12.5. The molecule has 0 bridgehead atoms. The van der Waals surface area contributed by atoms with Gasteiger partial charge in [-0.25, -0.2) is 0 Å². The van der Waals surface area contributed by atoms with E-state index in [9.17, 15) is 4.79 Å². The van der Waals surface area contributed by atoms with E-state index in [1.54, 1.807) is 6.21 Å². The predicted octanol–water partition coefficient (Wildman–Crippen LogP) is 4.28. The van der Waals surface area contributed by atoms with E-state index in [1.165, 1.54) is 0 Å². The zero-order chi connectivity index (χ0) is 17.9. The van der Waals surface area contributed by atoms with E-state index in [4.69, 9.17) is 0 Å². The van der Waals surface area contributed by atoms with E-state index in [-0.39, 0.29) is 5.91 Å². The molecule has 0 aromatic heterocycles. The summed E-state index contributed by atoms with van der Waals surface area (Å²) in [5.74, 6) is 0.228. The second-order valence-electron chi connectivity index (χ2n) is 6.46. The van der Waals surface area contributed by atoms with E-state index >= 15 is 0 Å². The zero-order valence-corrected chi connectivity index (χ0v) is 15.6. The molecule has 25 heavy (non-hydrogen) atoms. The third kappa shape index (κ3) is 6.13. The van der Waals surface area contributed by atoms with Crippen LogP contribution in [-0.2, 0) is 4.79 Å². The molecular weight excluding hydrogens is 310 g/mol. The first-order chi connectivity index (χ1) is 12.3. The van der Waals surface area contributed by atoms with Gasteiger partial charge in [-0.3, -0.25) is 9.79 Å². The number of allylic oxidation sites excluding steroid dienone is 1. The van der Waals surface area contributed by atoms with Crippen molar-refractivity contribution in [3.05, 3.63) is 42.6 Å². The summed E-state index contributed by atoms with van der Waals surface area (Å²) in [6, 6.07) is 10.4. The van der Waals surface area contributed by atoms with Crippen molar-refractivity contribution in [3.63, 3.8) is 0 Å². The molecule has 1 amide bonds. The Hall–Kier alpha value is -1.94. The van der Waals surface area contributed by atoms with Crippen molar-refractivity contribution in [1.82, 2.24) is 4.90 Å². The van der Waals surface area contributed by atoms with E-state index in [2.05, 4.69) is 16.0 Å². The fraction of sp³-hybridized carbons (Fsp3) is 0.524. The summed E-state index contributed by atoms with van der Waals surface area (Å²) < 4.78 is 0. The molecule has 0 atom stereocenters. The summed E-state index contributed by atoms with van der Waals surface area (Å²) in [6.45, 7) is 7.14. The van der Waals surface area contributed by atoms with Crippen molar-refractivity contribution in [2.24, 2.45) is 4.99 Å². The molecule has 0 N–H and O–H groups in total. The molecule has 1 fully saturated rings. The molecule has 4 heteroatoms. The number of carbonyl (C=O) groups excluding carboxylic acids is 1. The fourth-order valence-electron chi connectivity index (χ4n) is 3.37. The smallest absolute Gasteiger partial charge is 0.226 e. The van der Waals surface area contributed by atoms with Crippen molar-refractivity contribution >= 4 is 17.8 Å². The van der Waals surface area contributed by atoms with Crippen LogP contribution in [0.5, 0.6) is 0 Å². The molecule has 0 aliphatic carbocycles. The molecule has 1 aliphatic rings. The second-order valence-corrected chi connectivity index (χ2v) is 6.46. The molecule has 4 nitrogen and oxygen atoms in total. The molecule has 136 valence electrons. The van der Waals surface area contributed by atoms with Gasteiger partial charge in [0.15, 0.2) is 0 Å². The molecule has 1 aromatic rings. The van der Waals surface area contributed by atoms with Crippen LogP contribution in [0.3, 0.4) is 0 Å². The van der Waals surface area contributed by atoms with Crippen LogP contribution < -0.4 is 4.90 Å². The normalized spacial score (nSPS) is 16.7. The Morgan fingerprint density at radius 1 is 1.28 bits per heavy atom. The number of hydrogen-bond acceptors (Lipinski definition) is 3. The Bertz CT molecular complexity index is 560. The number of benzene rings is 1. The number of likely N-dealkylation sites (tertiary alicyclic amines) is 1. The van der Waals surface area contributed by atoms with Crippen LogP contribution >= 0.6 is 0 Å². The van der Waals surface area contributed by atoms with Gasteiger partial charge < -0.3 is 9.80 Å². The van der Waals surface area contributed by atoms with Crippen molar-refractivity contribution < 1.29 is 4.79 Å². The number of carbonyl (C=O) groups is 1. The molecule has 2 rings (SSSR count). The topological polar surface area (TPSA) is 35.9 Å². The number of unbranched alkanes of at least 4 members (excludes halogenated alkanes) is 1. The van der Waals surface area contributed by atoms with E-state index in [0.29, 0.717) is 12.5 Å². The number of rotatable bonds is 8. The lowest BCUT2D eigenvalue weighted by Crippen LogP contribution is -2.47. The second kappa shape index (κ2) is 10.8. The molecule has 0 unspecified atom stereocenters. The Morgan fingerprint density at radius 2 is 2.00 bits per heavy atom. The average molecular weight is 341 g/mol. The summed E-state index contributed by atoms with van der Waals surface area (Å²) in [6.07, 6.45) is 10.7. The van der Waals surface area contributed by atoms with Crippen LogP contribution in [0.1, 0.15) is 46.0 Å². The Labute approximate surface area is 152 Å². The first kappa shape index (κ1) is 19.4. The quantitative estimate of drug-likeness (QED) is 0.523. The summed E-state index contributed by atoms with van der Waals surface area (Å²) >= 11 is 0. The minimum atomic E-state index is 0.228. The van der Waals surface area contributed by atoms with E-state index in [1.807, 2.05) is 55.3 Å². The first-order valence-electron chi connectivity index (χ1n) is 9.48. The van der Waals surface area contributed by atoms with Gasteiger partial charge >= 0.3 is 0 Å². The minimum Gasteiger partial charge on any atom is -0.309 e. The number of nitrogens with zero attached hydrogens (tertiary/aromatic N) is 3. The van der Waals surface area contributed by atoms with Gasteiger partial charge in [-0.05, 0) is 51.3 Å². The molecule has 1 saturated heterocycles. The highest BCUT2D eigenvalue weighted by Crippen LogP contribution is 2.24. The number of aliphatic imine (C=N–C) groups is 1. The average Bonchev–Trinajstić information content (AvgIpc) is 2.66. The van der Waals surface area contributed by atoms with Gasteiger partial charge in [-0.1, -0.05) is 31.2 Å². The first-order valence-corrected chi connectivity index (χ1v) is 9.48. The predicted molar refractivity (Wildman–Crippen MR) is 106 cm³/mol. The number of para-hydroxylation sites is 1. The van der Waals surface area contributed by atoms with Crippen LogP contribution in [0.4, 0.5) is 5.69 Å². The summed E-state index contributed by atoms with van der Waals surface area (Å²) in [4.78, 5) is 21.1. The van der Waals surface area contributed by atoms with Crippen LogP contribution in [-0.4, -0.2) is 42.7 Å². The van der Waals surface area contributed by atoms with Gasteiger partial charge in [-0.15, -0.1) is 0 Å². The van der Waals surface area contributed by atoms with E-state index < -0.39 is 0 Å². The highest BCUT2D eigenvalue weighted by atomic mass is 16.2. The standard InChI is InChI=1S/C21H31N3O/c1-3-21(25)24(19-11-7-5-8-12-19)20-13-17-23(18-14-20)16-10-6-9-15-22-4-2/h4-5,7-9,11-12,15,20H,3,6,10,13-14,16-18H2,1-2H3/b15-9-,22-4-. The molecule has 1 heterocycles. The molecule has 1 aromatic carbocycles. The lowest BCUT2D eigenvalue weighted by molar-refractivity contribution is -0.119. The molecular formula is C21H31N3O. The zero-order valence-electron chi connectivity index (χ0n) is 15.6. The van der Waals surface area contributed by atoms with Gasteiger partial charge in [-0.2, -0.15) is 0 Å². The lowest BCUT2D eigenvalue weighted by Gasteiger charge is -2.38. The highest BCUT2D eigenvalue weighted by Gasteiger charge is 2.27. The molecule has 0 spiro atoms. The molecule has 0 saturated carbocycles. The Kier molecular flexibility index (Phi) is 8.40. The van der Waals surface area contributed by atoms with Crippen molar-refractivity contribution in [2.45, 2.75) is 52.0 Å². The van der Waals surface area contributed by atoms with Crippen LogP contribution in [0.25, 0.3) is 0 Å². The number of hydrogen-bond donors (Lipinski definition) is 0. The summed E-state index contributed by atoms with van der Waals surface area (Å²) in [7, 11) is 0. The Morgan fingerprint density at radius 3 is 2.64 bits per heavy atom. The van der Waals surface area contributed by atoms with Gasteiger partial charge in [0.05, 0.1) is 0 Å². The maximum absolute atomic E-state index is 12.5. The highest BCUT2D eigenvalue weighted by molar-refractivity contribution is 5.93. The maximum Gasteiger partial charge on any atom is 0.226 e. The Balaban J connectivity index is 1.83. The van der Waals surface area contributed by atoms with Gasteiger partial charge in [0.25, 0.3) is 0 Å². The SMILES string of the molecule is C/C=N\C=C/CCCN1CCC(N(C(=O)CC)c2ccccc2)CC1. The largest absolute Gasteiger partial charge is 0.309 e. The van der Waals surface area contributed by atoms with E-state index in [0.717, 1.165) is 51.0 Å². The van der Waals surface area contributed by atoms with Crippen LogP contribution in [0.15, 0.2) is 47.6 Å². The monoisotopic (exact) mass is 341 g/mol. The third-order valence-corrected chi connectivity index (χ3v) is 4.71. The lowest BCUT2D eigenvalue weighted by atomic mass is 10.0. The van der Waals surface area contributed by atoms with Gasteiger partial charge in [0.1, 0.15) is 0 Å². The summed E-state index contributed by atoms with van der Waals surface area (Å²) in [5.41, 5.74) is 1.04. The third-order valence-electron chi connectivity index (χ3n) is 4.71. The van der Waals surface area contributed by atoms with Crippen LogP contribution in [0, 0.1) is 0 Å². The minimum absolute atomic E-state index is 0.228. The summed E-state index contributed by atoms with van der Waals surface area (Å²) in [5, 5.41) is 0. The van der Waals surface area contributed by atoms with Gasteiger partial charge in [0.2, 0.25) is 5.91 Å². The fourth-order valence-corrected chi connectivity index (χ4v) is 3.37. The molecule has 0 radical (unpaired) electrons. The number of anilines is 1. The van der Waals surface area contributed by atoms with Crippen molar-refractivity contribution in [2.75, 3.05) is 24.5 Å². The molecule has 1 aliphatic heterocycles. The van der Waals surface area contributed by atoms with Crippen molar-refractivity contribution in [3.8, 4) is 0 Å². The number of amides is 1. The van der Waals surface area contributed by atoms with Crippen molar-refractivity contribution in [1.29, 1.82) is 0 Å². The van der Waals surface area contributed by atoms with Gasteiger partial charge in [0, 0.05) is 43.7 Å². The van der Waals surface area contributed by atoms with Crippen LogP contribution in [0.2, 0.25) is 0 Å².